The Morgan fingerprint density at radius 3 is 2.84 bits per heavy atom. The quantitative estimate of drug-likeness (QED) is 0.469. The maximum atomic E-state index is 4.60. The number of nitrogens with one attached hydrogen (secondary N) is 2. The van der Waals surface area contributed by atoms with E-state index >= 15 is 0 Å². The second-order valence-corrected chi connectivity index (χ2v) is 4.69. The van der Waals surface area contributed by atoms with E-state index in [1.807, 2.05) is 17.1 Å². The maximum Gasteiger partial charge on any atom is 0.191 e. The van der Waals surface area contributed by atoms with Crippen LogP contribution in [0, 0.1) is 0 Å². The summed E-state index contributed by atoms with van der Waals surface area (Å²) in [6, 6.07) is 0.607. The number of hydrogen-bond donors (Lipinski definition) is 2. The van der Waals surface area contributed by atoms with Crippen molar-refractivity contribution in [3.05, 3.63) is 18.7 Å². The first-order valence-electron chi connectivity index (χ1n) is 6.89. The second kappa shape index (κ2) is 9.17. The third-order valence-corrected chi connectivity index (χ3v) is 3.23. The van der Waals surface area contributed by atoms with Gasteiger partial charge in [0, 0.05) is 31.5 Å². The summed E-state index contributed by atoms with van der Waals surface area (Å²) in [4.78, 5) is 8.62. The molecule has 0 aromatic carbocycles. The van der Waals surface area contributed by atoms with Crippen molar-refractivity contribution < 1.29 is 0 Å². The lowest BCUT2D eigenvalue weighted by atomic mass is 10.2. The van der Waals surface area contributed by atoms with E-state index in [2.05, 4.69) is 27.5 Å². The first-order chi connectivity index (χ1) is 8.88. The van der Waals surface area contributed by atoms with Gasteiger partial charge in [0.2, 0.25) is 0 Å². The Labute approximate surface area is 132 Å². The van der Waals surface area contributed by atoms with Gasteiger partial charge in [0.15, 0.2) is 5.96 Å². The van der Waals surface area contributed by atoms with Crippen molar-refractivity contribution in [2.45, 2.75) is 45.2 Å². The number of guanidine groups is 1. The average molecular weight is 377 g/mol. The minimum atomic E-state index is 0. The van der Waals surface area contributed by atoms with Crippen molar-refractivity contribution >= 4 is 29.9 Å². The number of rotatable bonds is 5. The molecule has 0 bridgehead atoms. The molecule has 19 heavy (non-hydrogen) atoms. The monoisotopic (exact) mass is 377 g/mol. The van der Waals surface area contributed by atoms with Crippen LogP contribution < -0.4 is 10.6 Å². The molecule has 2 rings (SSSR count). The van der Waals surface area contributed by atoms with Gasteiger partial charge < -0.3 is 15.2 Å². The van der Waals surface area contributed by atoms with E-state index in [0.29, 0.717) is 6.04 Å². The summed E-state index contributed by atoms with van der Waals surface area (Å²) in [5.41, 5.74) is 0. The third kappa shape index (κ3) is 5.80. The highest BCUT2D eigenvalue weighted by atomic mass is 127. The molecule has 0 aliphatic heterocycles. The molecule has 1 aliphatic carbocycles. The summed E-state index contributed by atoms with van der Waals surface area (Å²) < 4.78 is 2.04. The predicted octanol–water partition coefficient (Wildman–Crippen LogP) is 2.00. The lowest BCUT2D eigenvalue weighted by molar-refractivity contribution is 0.610. The molecule has 1 heterocycles. The van der Waals surface area contributed by atoms with Gasteiger partial charge in [-0.2, -0.15) is 0 Å². The zero-order valence-electron chi connectivity index (χ0n) is 11.5. The Morgan fingerprint density at radius 1 is 1.42 bits per heavy atom. The first-order valence-corrected chi connectivity index (χ1v) is 6.89. The molecule has 6 heteroatoms. The average Bonchev–Trinajstić information content (AvgIpc) is 3.02. The molecule has 0 unspecified atom stereocenters. The van der Waals surface area contributed by atoms with Crippen molar-refractivity contribution in [3.63, 3.8) is 0 Å². The van der Waals surface area contributed by atoms with Crippen molar-refractivity contribution in [1.29, 1.82) is 0 Å². The molecule has 1 fully saturated rings. The third-order valence-electron chi connectivity index (χ3n) is 3.23. The maximum absolute atomic E-state index is 4.60. The lowest BCUT2D eigenvalue weighted by Gasteiger charge is -2.16. The van der Waals surface area contributed by atoms with Crippen LogP contribution in [0.5, 0.6) is 0 Å². The van der Waals surface area contributed by atoms with Crippen molar-refractivity contribution in [1.82, 2.24) is 20.2 Å². The standard InChI is InChI=1S/C13H23N5.HI/c1-2-15-13(17-12-5-3-4-6-12)16-8-10-18-9-7-14-11-18;/h7,9,11-12H,2-6,8,10H2,1H3,(H2,15,16,17);1H. The topological polar surface area (TPSA) is 54.2 Å². The number of aromatic nitrogens is 2. The van der Waals surface area contributed by atoms with Gasteiger partial charge in [-0.05, 0) is 19.8 Å². The molecule has 0 spiro atoms. The number of hydrogen-bond acceptors (Lipinski definition) is 2. The second-order valence-electron chi connectivity index (χ2n) is 4.69. The fourth-order valence-electron chi connectivity index (χ4n) is 2.28. The van der Waals surface area contributed by atoms with Crippen LogP contribution in [0.2, 0.25) is 0 Å². The SMILES string of the molecule is CCNC(=NCCn1ccnc1)NC1CCCC1.I. The molecule has 108 valence electrons. The molecule has 1 saturated carbocycles. The number of imidazole rings is 1. The highest BCUT2D eigenvalue weighted by Gasteiger charge is 2.15. The van der Waals surface area contributed by atoms with Crippen LogP contribution in [0.15, 0.2) is 23.7 Å². The summed E-state index contributed by atoms with van der Waals surface area (Å²) in [6.07, 6.45) is 10.8. The number of halogens is 1. The van der Waals surface area contributed by atoms with Gasteiger partial charge in [-0.3, -0.25) is 4.99 Å². The van der Waals surface area contributed by atoms with Crippen LogP contribution in [-0.4, -0.2) is 34.6 Å². The minimum absolute atomic E-state index is 0. The summed E-state index contributed by atoms with van der Waals surface area (Å²) in [7, 11) is 0. The smallest absolute Gasteiger partial charge is 0.191 e. The molecule has 1 aliphatic rings. The summed E-state index contributed by atoms with van der Waals surface area (Å²) in [6.45, 7) is 4.66. The molecule has 2 N–H and O–H groups in total. The van der Waals surface area contributed by atoms with Gasteiger partial charge in [-0.25, -0.2) is 4.98 Å². The van der Waals surface area contributed by atoms with Crippen LogP contribution in [0.4, 0.5) is 0 Å². The van der Waals surface area contributed by atoms with E-state index in [1.165, 1.54) is 25.7 Å². The molecule has 0 amide bonds. The van der Waals surface area contributed by atoms with Crippen LogP contribution in [0.25, 0.3) is 0 Å². The number of aliphatic imine (C=N–C) groups is 1. The molecule has 0 atom stereocenters. The Morgan fingerprint density at radius 2 is 2.21 bits per heavy atom. The molecule has 0 radical (unpaired) electrons. The van der Waals surface area contributed by atoms with Crippen LogP contribution in [-0.2, 0) is 6.54 Å². The van der Waals surface area contributed by atoms with Crippen molar-refractivity contribution in [3.8, 4) is 0 Å². The lowest BCUT2D eigenvalue weighted by Crippen LogP contribution is -2.42. The Kier molecular flexibility index (Phi) is 7.85. The highest BCUT2D eigenvalue weighted by Crippen LogP contribution is 2.17. The van der Waals surface area contributed by atoms with E-state index in [9.17, 15) is 0 Å². The summed E-state index contributed by atoms with van der Waals surface area (Å²) in [5.74, 6) is 0.949. The minimum Gasteiger partial charge on any atom is -0.357 e. The van der Waals surface area contributed by atoms with Gasteiger partial charge in [0.1, 0.15) is 0 Å². The summed E-state index contributed by atoms with van der Waals surface area (Å²) in [5, 5.41) is 6.81. The van der Waals surface area contributed by atoms with E-state index in [4.69, 9.17) is 0 Å². The summed E-state index contributed by atoms with van der Waals surface area (Å²) >= 11 is 0. The van der Waals surface area contributed by atoms with Gasteiger partial charge in [-0.15, -0.1) is 24.0 Å². The fourth-order valence-corrected chi connectivity index (χ4v) is 2.28. The van der Waals surface area contributed by atoms with E-state index < -0.39 is 0 Å². The van der Waals surface area contributed by atoms with Gasteiger partial charge in [-0.1, -0.05) is 12.8 Å². The van der Waals surface area contributed by atoms with Crippen LogP contribution >= 0.6 is 24.0 Å². The Bertz CT molecular complexity index is 357. The van der Waals surface area contributed by atoms with E-state index in [1.54, 1.807) is 6.20 Å². The molecule has 0 saturated heterocycles. The van der Waals surface area contributed by atoms with Crippen LogP contribution in [0.3, 0.4) is 0 Å². The largest absolute Gasteiger partial charge is 0.357 e. The normalized spacial score (nSPS) is 16.2. The Balaban J connectivity index is 0.00000180. The highest BCUT2D eigenvalue weighted by molar-refractivity contribution is 14.0. The van der Waals surface area contributed by atoms with Crippen molar-refractivity contribution in [2.75, 3.05) is 13.1 Å². The molecular weight excluding hydrogens is 353 g/mol. The van der Waals surface area contributed by atoms with Crippen molar-refractivity contribution in [2.24, 2.45) is 4.99 Å². The number of nitrogens with zero attached hydrogens (tertiary/aromatic N) is 3. The first kappa shape index (κ1) is 16.3. The Hall–Kier alpha value is -0.790. The molecular formula is C13H24IN5. The molecule has 5 nitrogen and oxygen atoms in total. The van der Waals surface area contributed by atoms with Gasteiger partial charge in [0.05, 0.1) is 12.9 Å². The predicted molar refractivity (Wildman–Crippen MR) is 89.0 cm³/mol. The molecule has 1 aromatic heterocycles. The fraction of sp³-hybridized carbons (Fsp3) is 0.692. The van der Waals surface area contributed by atoms with E-state index in [0.717, 1.165) is 25.6 Å². The van der Waals surface area contributed by atoms with Crippen LogP contribution in [0.1, 0.15) is 32.6 Å². The van der Waals surface area contributed by atoms with Gasteiger partial charge >= 0.3 is 0 Å². The zero-order valence-corrected chi connectivity index (χ0v) is 13.8. The molecule has 1 aromatic rings. The van der Waals surface area contributed by atoms with E-state index in [-0.39, 0.29) is 24.0 Å². The zero-order chi connectivity index (χ0) is 12.6. The van der Waals surface area contributed by atoms with Gasteiger partial charge in [0.25, 0.3) is 0 Å².